The Balaban J connectivity index is 1.75. The lowest BCUT2D eigenvalue weighted by Crippen LogP contribution is -2.44. The minimum Gasteiger partial charge on any atom is -0.339 e. The molecule has 3 rings (SSSR count). The van der Waals surface area contributed by atoms with Crippen LogP contribution < -0.4 is 0 Å². The molecule has 2 aromatic rings. The molecule has 0 bridgehead atoms. The molecule has 1 heterocycles. The Morgan fingerprint density at radius 3 is 2.70 bits per heavy atom. The van der Waals surface area contributed by atoms with Crippen LogP contribution in [0.25, 0.3) is 5.69 Å². The topological polar surface area (TPSA) is 63.9 Å². The van der Waals surface area contributed by atoms with Crippen molar-refractivity contribution in [1.29, 1.82) is 0 Å². The highest BCUT2D eigenvalue weighted by atomic mass is 32.2. The van der Waals surface area contributed by atoms with E-state index in [9.17, 15) is 4.79 Å². The summed E-state index contributed by atoms with van der Waals surface area (Å²) < 4.78 is 1.74. The maximum atomic E-state index is 13.1. The van der Waals surface area contributed by atoms with Gasteiger partial charge in [-0.3, -0.25) is 4.79 Å². The molecule has 0 spiro atoms. The van der Waals surface area contributed by atoms with E-state index in [1.54, 1.807) is 4.68 Å². The average Bonchev–Trinajstić information content (AvgIpc) is 3.11. The number of hydrogen-bond acceptors (Lipinski definition) is 5. The summed E-state index contributed by atoms with van der Waals surface area (Å²) >= 11 is 1.44. The molecule has 0 radical (unpaired) electrons. The summed E-state index contributed by atoms with van der Waals surface area (Å²) in [5.74, 6) is 0.185. The fourth-order valence-corrected chi connectivity index (χ4v) is 4.75. The molecule has 0 N–H and O–H groups in total. The molecule has 1 fully saturated rings. The predicted molar refractivity (Wildman–Crippen MR) is 108 cm³/mol. The third-order valence-corrected chi connectivity index (χ3v) is 6.31. The summed E-state index contributed by atoms with van der Waals surface area (Å²) in [6, 6.07) is 6.57. The van der Waals surface area contributed by atoms with Gasteiger partial charge in [0.25, 0.3) is 0 Å². The van der Waals surface area contributed by atoms with Crippen LogP contribution in [0, 0.1) is 13.8 Å². The summed E-state index contributed by atoms with van der Waals surface area (Å²) in [5, 5.41) is 12.6. The molecule has 1 atom stereocenters. The number of amides is 1. The first kappa shape index (κ1) is 19.9. The first-order valence-corrected chi connectivity index (χ1v) is 10.7. The smallest absolute Gasteiger partial charge is 0.236 e. The fraction of sp³-hybridized carbons (Fsp3) is 0.600. The first-order chi connectivity index (χ1) is 13.0. The number of aromatic nitrogens is 4. The zero-order valence-electron chi connectivity index (χ0n) is 16.7. The standard InChI is InChI=1S/C20H29N5OS/c1-5-24(17-9-7-6-8-10-17)19(26)16(4)27-20-21-22-23-25(20)18-12-11-14(2)13-15(18)3/h11-13,16-17H,5-10H2,1-4H3/t16-/m1/s1. The van der Waals surface area contributed by atoms with E-state index in [4.69, 9.17) is 0 Å². The van der Waals surface area contributed by atoms with Crippen LogP contribution in [0.3, 0.4) is 0 Å². The van der Waals surface area contributed by atoms with Gasteiger partial charge < -0.3 is 4.90 Å². The molecule has 27 heavy (non-hydrogen) atoms. The third-order valence-electron chi connectivity index (χ3n) is 5.29. The molecule has 6 nitrogen and oxygen atoms in total. The van der Waals surface area contributed by atoms with Gasteiger partial charge in [-0.2, -0.15) is 4.68 Å². The van der Waals surface area contributed by atoms with Gasteiger partial charge in [0.05, 0.1) is 10.9 Å². The normalized spacial score (nSPS) is 16.3. The minimum absolute atomic E-state index is 0.185. The molecule has 1 aliphatic carbocycles. The molecule has 1 aromatic heterocycles. The highest BCUT2D eigenvalue weighted by Crippen LogP contribution is 2.28. The molecule has 7 heteroatoms. The van der Waals surface area contributed by atoms with E-state index < -0.39 is 0 Å². The largest absolute Gasteiger partial charge is 0.339 e. The van der Waals surface area contributed by atoms with Crippen molar-refractivity contribution in [2.45, 2.75) is 76.2 Å². The Labute approximate surface area is 165 Å². The zero-order valence-corrected chi connectivity index (χ0v) is 17.5. The molecular formula is C20H29N5OS. The number of nitrogens with zero attached hydrogens (tertiary/aromatic N) is 5. The van der Waals surface area contributed by atoms with Gasteiger partial charge in [-0.15, -0.1) is 5.10 Å². The Hall–Kier alpha value is -1.89. The highest BCUT2D eigenvalue weighted by Gasteiger charge is 2.29. The minimum atomic E-state index is -0.220. The summed E-state index contributed by atoms with van der Waals surface area (Å²) in [7, 11) is 0. The monoisotopic (exact) mass is 387 g/mol. The van der Waals surface area contributed by atoms with Crippen molar-refractivity contribution in [2.24, 2.45) is 0 Å². The van der Waals surface area contributed by atoms with Crippen LogP contribution in [0.2, 0.25) is 0 Å². The lowest BCUT2D eigenvalue weighted by molar-refractivity contribution is -0.133. The molecule has 146 valence electrons. The lowest BCUT2D eigenvalue weighted by atomic mass is 9.94. The van der Waals surface area contributed by atoms with Gasteiger partial charge in [-0.05, 0) is 62.6 Å². The number of carbonyl (C=O) groups is 1. The number of hydrogen-bond donors (Lipinski definition) is 0. The van der Waals surface area contributed by atoms with Crippen LogP contribution in [0.4, 0.5) is 0 Å². The summed E-state index contributed by atoms with van der Waals surface area (Å²) in [6.45, 7) is 8.91. The highest BCUT2D eigenvalue weighted by molar-refractivity contribution is 8.00. The van der Waals surface area contributed by atoms with E-state index in [0.29, 0.717) is 11.2 Å². The Kier molecular flexibility index (Phi) is 6.52. The molecule has 1 aromatic carbocycles. The molecule has 1 aliphatic rings. The third kappa shape index (κ3) is 4.51. The van der Waals surface area contributed by atoms with Crippen molar-refractivity contribution in [3.8, 4) is 5.69 Å². The number of tetrazole rings is 1. The molecule has 1 saturated carbocycles. The van der Waals surface area contributed by atoms with E-state index in [1.165, 1.54) is 36.6 Å². The van der Waals surface area contributed by atoms with Crippen LogP contribution in [-0.2, 0) is 4.79 Å². The van der Waals surface area contributed by atoms with Crippen LogP contribution in [0.15, 0.2) is 23.4 Å². The van der Waals surface area contributed by atoms with E-state index in [2.05, 4.69) is 53.3 Å². The summed E-state index contributed by atoms with van der Waals surface area (Å²) in [5.41, 5.74) is 3.26. The second kappa shape index (κ2) is 8.87. The molecule has 0 saturated heterocycles. The van der Waals surface area contributed by atoms with E-state index >= 15 is 0 Å². The van der Waals surface area contributed by atoms with Gasteiger partial charge in [-0.25, -0.2) is 0 Å². The van der Waals surface area contributed by atoms with Crippen LogP contribution >= 0.6 is 11.8 Å². The number of rotatable bonds is 6. The van der Waals surface area contributed by atoms with Gasteiger partial charge in [0.2, 0.25) is 11.1 Å². The van der Waals surface area contributed by atoms with Crippen molar-refractivity contribution >= 4 is 17.7 Å². The van der Waals surface area contributed by atoms with Crippen LogP contribution in [0.5, 0.6) is 0 Å². The van der Waals surface area contributed by atoms with Crippen molar-refractivity contribution in [3.63, 3.8) is 0 Å². The van der Waals surface area contributed by atoms with Crippen molar-refractivity contribution in [1.82, 2.24) is 25.1 Å². The zero-order chi connectivity index (χ0) is 19.4. The van der Waals surface area contributed by atoms with Crippen LogP contribution in [-0.4, -0.2) is 48.9 Å². The lowest BCUT2D eigenvalue weighted by Gasteiger charge is -2.35. The number of aryl methyl sites for hydroxylation is 2. The van der Waals surface area contributed by atoms with Crippen molar-refractivity contribution in [2.75, 3.05) is 6.54 Å². The maximum Gasteiger partial charge on any atom is 0.236 e. The number of thioether (sulfide) groups is 1. The van der Waals surface area contributed by atoms with Crippen molar-refractivity contribution < 1.29 is 4.79 Å². The van der Waals surface area contributed by atoms with Crippen molar-refractivity contribution in [3.05, 3.63) is 29.3 Å². The Morgan fingerprint density at radius 1 is 1.30 bits per heavy atom. The molecule has 1 amide bonds. The van der Waals surface area contributed by atoms with Gasteiger partial charge in [0, 0.05) is 12.6 Å². The van der Waals surface area contributed by atoms with E-state index in [0.717, 1.165) is 30.6 Å². The maximum absolute atomic E-state index is 13.1. The Morgan fingerprint density at radius 2 is 2.04 bits per heavy atom. The summed E-state index contributed by atoms with van der Waals surface area (Å²) in [6.07, 6.45) is 5.98. The van der Waals surface area contributed by atoms with Crippen LogP contribution in [0.1, 0.15) is 57.1 Å². The quantitative estimate of drug-likeness (QED) is 0.703. The molecular weight excluding hydrogens is 358 g/mol. The second-order valence-corrected chi connectivity index (χ2v) is 8.65. The molecule has 0 aliphatic heterocycles. The Bertz CT molecular complexity index is 784. The van der Waals surface area contributed by atoms with E-state index in [1.807, 2.05) is 13.0 Å². The van der Waals surface area contributed by atoms with Gasteiger partial charge in [0.1, 0.15) is 0 Å². The van der Waals surface area contributed by atoms with Gasteiger partial charge in [-0.1, -0.05) is 48.7 Å². The predicted octanol–water partition coefficient (Wildman–Crippen LogP) is 3.94. The second-order valence-electron chi connectivity index (χ2n) is 7.34. The van der Waals surface area contributed by atoms with E-state index in [-0.39, 0.29) is 11.2 Å². The number of benzene rings is 1. The average molecular weight is 388 g/mol. The first-order valence-electron chi connectivity index (χ1n) is 9.84. The fourth-order valence-electron chi connectivity index (χ4n) is 3.88. The van der Waals surface area contributed by atoms with Gasteiger partial charge in [0.15, 0.2) is 0 Å². The SMILES string of the molecule is CCN(C(=O)[C@@H](C)Sc1nnnn1-c1ccc(C)cc1C)C1CCCCC1. The molecule has 0 unspecified atom stereocenters. The van der Waals surface area contributed by atoms with Gasteiger partial charge >= 0.3 is 0 Å². The summed E-state index contributed by atoms with van der Waals surface area (Å²) in [4.78, 5) is 15.1. The number of carbonyl (C=O) groups excluding carboxylic acids is 1.